The van der Waals surface area contributed by atoms with Crippen molar-refractivity contribution in [3.8, 4) is 22.6 Å². The molecule has 1 saturated heterocycles. The molecule has 38 heavy (non-hydrogen) atoms. The maximum Gasteiger partial charge on any atom is 0.254 e. The number of fused-ring (bicyclic) bond motifs is 1. The monoisotopic (exact) mass is 558 g/mol. The van der Waals surface area contributed by atoms with Gasteiger partial charge in [-0.25, -0.2) is 18.4 Å². The summed E-state index contributed by atoms with van der Waals surface area (Å²) in [5, 5.41) is 7.20. The zero-order valence-electron chi connectivity index (χ0n) is 21.2. The molecule has 3 aromatic heterocycles. The Labute approximate surface area is 223 Å². The lowest BCUT2D eigenvalue weighted by molar-refractivity contribution is -0.114. The van der Waals surface area contributed by atoms with Gasteiger partial charge in [-0.3, -0.25) is 4.79 Å². The fourth-order valence-electron chi connectivity index (χ4n) is 4.36. The standard InChI is InChI=1S/C23H26N8O5S2/c1-14-21(37-23(27-14)28-15(2)32)38(33,34)30-9-7-29(8-10-30)20-17(12-24-22-25-13-26-31(20)22)16-5-6-18(35-3)19(11-16)36-4/h5-6,11-13H,7-10H2,1-4H3,(H,27,28,32). The number of thiazole rings is 1. The third-order valence-corrected chi connectivity index (χ3v) is 9.68. The van der Waals surface area contributed by atoms with Crippen LogP contribution in [0, 0.1) is 6.92 Å². The van der Waals surface area contributed by atoms with Crippen LogP contribution in [-0.2, 0) is 14.8 Å². The molecule has 1 aliphatic rings. The molecule has 0 spiro atoms. The van der Waals surface area contributed by atoms with Gasteiger partial charge in [-0.05, 0) is 24.6 Å². The molecule has 4 heterocycles. The van der Waals surface area contributed by atoms with Crippen molar-refractivity contribution in [1.29, 1.82) is 0 Å². The first-order valence-corrected chi connectivity index (χ1v) is 13.9. The Morgan fingerprint density at radius 3 is 2.50 bits per heavy atom. The third-order valence-electron chi connectivity index (χ3n) is 6.12. The van der Waals surface area contributed by atoms with Crippen molar-refractivity contribution >= 4 is 44.0 Å². The molecule has 13 nitrogen and oxygen atoms in total. The van der Waals surface area contributed by atoms with Gasteiger partial charge in [-0.2, -0.15) is 18.9 Å². The quantitative estimate of drug-likeness (QED) is 0.358. The van der Waals surface area contributed by atoms with Gasteiger partial charge >= 0.3 is 0 Å². The van der Waals surface area contributed by atoms with Crippen LogP contribution in [0.3, 0.4) is 0 Å². The molecule has 1 amide bonds. The number of carbonyl (C=O) groups excluding carboxylic acids is 1. The summed E-state index contributed by atoms with van der Waals surface area (Å²) in [5.74, 6) is 2.05. The highest BCUT2D eigenvalue weighted by atomic mass is 32.2. The molecule has 0 aliphatic carbocycles. The van der Waals surface area contributed by atoms with E-state index in [1.54, 1.807) is 31.9 Å². The average molecular weight is 559 g/mol. The summed E-state index contributed by atoms with van der Waals surface area (Å²) in [6.07, 6.45) is 3.16. The van der Waals surface area contributed by atoms with Gasteiger partial charge < -0.3 is 19.7 Å². The van der Waals surface area contributed by atoms with E-state index in [0.29, 0.717) is 36.1 Å². The lowest BCUT2D eigenvalue weighted by Crippen LogP contribution is -2.49. The first-order chi connectivity index (χ1) is 18.2. The molecule has 200 valence electrons. The lowest BCUT2D eigenvalue weighted by atomic mass is 10.1. The van der Waals surface area contributed by atoms with Crippen molar-refractivity contribution in [2.45, 2.75) is 18.1 Å². The van der Waals surface area contributed by atoms with Crippen LogP contribution < -0.4 is 19.7 Å². The number of benzene rings is 1. The van der Waals surface area contributed by atoms with Crippen LogP contribution in [0.1, 0.15) is 12.6 Å². The molecule has 0 bridgehead atoms. The van der Waals surface area contributed by atoms with Gasteiger partial charge in [0.2, 0.25) is 5.91 Å². The number of hydrogen-bond donors (Lipinski definition) is 1. The lowest BCUT2D eigenvalue weighted by Gasteiger charge is -2.35. The minimum atomic E-state index is -3.79. The Hall–Kier alpha value is -3.82. The SMILES string of the molecule is COc1ccc(-c2cnc3ncnn3c2N2CCN(S(=O)(=O)c3sc(NC(C)=O)nc3C)CC2)cc1OC. The Morgan fingerprint density at radius 1 is 1.08 bits per heavy atom. The van der Waals surface area contributed by atoms with E-state index >= 15 is 0 Å². The zero-order chi connectivity index (χ0) is 27.0. The van der Waals surface area contributed by atoms with Gasteiger partial charge in [0.25, 0.3) is 15.8 Å². The molecule has 4 aromatic rings. The fraction of sp³-hybridized carbons (Fsp3) is 0.348. The van der Waals surface area contributed by atoms with E-state index in [2.05, 4.69) is 30.3 Å². The first-order valence-electron chi connectivity index (χ1n) is 11.6. The second kappa shape index (κ2) is 10.2. The highest BCUT2D eigenvalue weighted by Gasteiger charge is 2.33. The van der Waals surface area contributed by atoms with E-state index in [1.165, 1.54) is 17.6 Å². The van der Waals surface area contributed by atoms with Crippen LogP contribution in [0.2, 0.25) is 0 Å². The normalized spacial score (nSPS) is 14.6. The number of aromatic nitrogens is 5. The molecule has 1 aromatic carbocycles. The van der Waals surface area contributed by atoms with Gasteiger partial charge in [0.1, 0.15) is 12.1 Å². The number of carbonyl (C=O) groups is 1. The first kappa shape index (κ1) is 25.8. The second-order valence-electron chi connectivity index (χ2n) is 8.50. The van der Waals surface area contributed by atoms with E-state index in [-0.39, 0.29) is 28.3 Å². The molecule has 0 radical (unpaired) electrons. The molecule has 1 aliphatic heterocycles. The van der Waals surface area contributed by atoms with Crippen LogP contribution in [0.25, 0.3) is 16.9 Å². The van der Waals surface area contributed by atoms with Crippen molar-refractivity contribution < 1.29 is 22.7 Å². The molecule has 1 fully saturated rings. The van der Waals surface area contributed by atoms with Crippen molar-refractivity contribution in [1.82, 2.24) is 28.9 Å². The van der Waals surface area contributed by atoms with Crippen LogP contribution in [0.4, 0.5) is 10.9 Å². The minimum absolute atomic E-state index is 0.128. The van der Waals surface area contributed by atoms with Crippen LogP contribution in [0.15, 0.2) is 34.9 Å². The van der Waals surface area contributed by atoms with E-state index in [9.17, 15) is 13.2 Å². The van der Waals surface area contributed by atoms with Crippen molar-refractivity contribution in [3.05, 3.63) is 36.4 Å². The Morgan fingerprint density at radius 2 is 1.82 bits per heavy atom. The van der Waals surface area contributed by atoms with Crippen LogP contribution >= 0.6 is 11.3 Å². The molecule has 0 unspecified atom stereocenters. The smallest absolute Gasteiger partial charge is 0.254 e. The second-order valence-corrected chi connectivity index (χ2v) is 11.6. The van der Waals surface area contributed by atoms with Gasteiger partial charge in [0.15, 0.2) is 20.8 Å². The summed E-state index contributed by atoms with van der Waals surface area (Å²) >= 11 is 0.956. The highest BCUT2D eigenvalue weighted by Crippen LogP contribution is 2.37. The van der Waals surface area contributed by atoms with E-state index in [4.69, 9.17) is 9.47 Å². The molecule has 5 rings (SSSR count). The summed E-state index contributed by atoms with van der Waals surface area (Å²) in [7, 11) is -0.638. The molecule has 0 saturated carbocycles. The number of amides is 1. The summed E-state index contributed by atoms with van der Waals surface area (Å²) < 4.78 is 41.0. The van der Waals surface area contributed by atoms with Gasteiger partial charge in [0, 0.05) is 44.9 Å². The summed E-state index contributed by atoms with van der Waals surface area (Å²) in [5.41, 5.74) is 1.98. The number of nitrogens with one attached hydrogen (secondary N) is 1. The molecular weight excluding hydrogens is 532 g/mol. The van der Waals surface area contributed by atoms with Gasteiger partial charge in [-0.15, -0.1) is 0 Å². The van der Waals surface area contributed by atoms with Crippen LogP contribution in [-0.4, -0.2) is 83.6 Å². The van der Waals surface area contributed by atoms with Gasteiger partial charge in [-0.1, -0.05) is 17.4 Å². The maximum atomic E-state index is 13.4. The van der Waals surface area contributed by atoms with E-state index in [1.807, 2.05) is 18.2 Å². The molecular formula is C23H26N8O5S2. The topological polar surface area (TPSA) is 144 Å². The largest absolute Gasteiger partial charge is 0.493 e. The predicted molar refractivity (Wildman–Crippen MR) is 141 cm³/mol. The molecule has 15 heteroatoms. The number of rotatable bonds is 7. The van der Waals surface area contributed by atoms with Crippen molar-refractivity contribution in [2.75, 3.05) is 50.6 Å². The van der Waals surface area contributed by atoms with E-state index in [0.717, 1.165) is 28.3 Å². The number of aryl methyl sites for hydroxylation is 1. The number of nitrogens with zero attached hydrogens (tertiary/aromatic N) is 7. The van der Waals surface area contributed by atoms with Crippen LogP contribution in [0.5, 0.6) is 11.5 Å². The summed E-state index contributed by atoms with van der Waals surface area (Å²) in [6.45, 7) is 4.30. The number of piperazine rings is 1. The number of methoxy groups -OCH3 is 2. The number of sulfonamides is 1. The zero-order valence-corrected chi connectivity index (χ0v) is 22.8. The van der Waals surface area contributed by atoms with Crippen molar-refractivity contribution in [3.63, 3.8) is 0 Å². The van der Waals surface area contributed by atoms with Crippen molar-refractivity contribution in [2.24, 2.45) is 0 Å². The molecule has 1 N–H and O–H groups in total. The Bertz CT molecular complexity index is 1610. The van der Waals surface area contributed by atoms with Gasteiger partial charge in [0.05, 0.1) is 19.9 Å². The fourth-order valence-corrected chi connectivity index (χ4v) is 7.38. The van der Waals surface area contributed by atoms with E-state index < -0.39 is 10.0 Å². The summed E-state index contributed by atoms with van der Waals surface area (Å²) in [6, 6.07) is 5.59. The maximum absolute atomic E-state index is 13.4. The third kappa shape index (κ3) is 4.63. The minimum Gasteiger partial charge on any atom is -0.493 e. The number of anilines is 2. The highest BCUT2D eigenvalue weighted by molar-refractivity contribution is 7.91. The molecule has 0 atom stereocenters. The number of ether oxygens (including phenoxy) is 2. The predicted octanol–water partition coefficient (Wildman–Crippen LogP) is 2.04. The Balaban J connectivity index is 1.45. The Kier molecular flexibility index (Phi) is 6.90. The number of hydrogen-bond acceptors (Lipinski definition) is 11. The summed E-state index contributed by atoms with van der Waals surface area (Å²) in [4.78, 5) is 26.3. The average Bonchev–Trinajstić information content (AvgIpc) is 3.53.